The van der Waals surface area contributed by atoms with Crippen LogP contribution in [0.1, 0.15) is 37.7 Å². The molecule has 1 fully saturated rings. The first-order valence-corrected chi connectivity index (χ1v) is 6.14. The lowest BCUT2D eigenvalue weighted by Gasteiger charge is -2.33. The highest BCUT2D eigenvalue weighted by Gasteiger charge is 2.23. The van der Waals surface area contributed by atoms with Gasteiger partial charge < -0.3 is 4.90 Å². The summed E-state index contributed by atoms with van der Waals surface area (Å²) in [6, 6.07) is 10.5. The highest BCUT2D eigenvalue weighted by Crippen LogP contribution is 2.26. The third-order valence-electron chi connectivity index (χ3n) is 3.35. The number of benzene rings is 1. The van der Waals surface area contributed by atoms with E-state index < -0.39 is 0 Å². The lowest BCUT2D eigenvalue weighted by Crippen LogP contribution is -2.38. The normalized spacial score (nSPS) is 20.8. The summed E-state index contributed by atoms with van der Waals surface area (Å²) in [5, 5.41) is 0. The molecule has 0 bridgehead atoms. The molecule has 1 saturated heterocycles. The molecule has 86 valence electrons. The monoisotopic (exact) mass is 217 g/mol. The number of nitrogens with zero attached hydrogens (tertiary/aromatic N) is 1. The van der Waals surface area contributed by atoms with Gasteiger partial charge in [-0.15, -0.1) is 0 Å². The van der Waals surface area contributed by atoms with Crippen molar-refractivity contribution in [2.75, 3.05) is 13.1 Å². The largest absolute Gasteiger partial charge is 0.342 e. The molecular formula is C14H19NO. The summed E-state index contributed by atoms with van der Waals surface area (Å²) in [6.45, 7) is 3.78. The number of amides is 1. The minimum absolute atomic E-state index is 0.292. The van der Waals surface area contributed by atoms with Crippen LogP contribution in [0.4, 0.5) is 0 Å². The van der Waals surface area contributed by atoms with Crippen molar-refractivity contribution >= 4 is 5.91 Å². The van der Waals surface area contributed by atoms with Gasteiger partial charge in [-0.05, 0) is 18.4 Å². The van der Waals surface area contributed by atoms with Crippen molar-refractivity contribution in [1.29, 1.82) is 0 Å². The fourth-order valence-electron chi connectivity index (χ4n) is 2.42. The number of likely N-dealkylation sites (tertiary alicyclic amines) is 1. The smallest absolute Gasteiger partial charge is 0.222 e. The molecule has 0 radical (unpaired) electrons. The third-order valence-corrected chi connectivity index (χ3v) is 3.35. The Balaban J connectivity index is 2.05. The summed E-state index contributed by atoms with van der Waals surface area (Å²) in [7, 11) is 0. The predicted molar refractivity (Wildman–Crippen MR) is 65.3 cm³/mol. The third kappa shape index (κ3) is 2.43. The van der Waals surface area contributed by atoms with E-state index in [4.69, 9.17) is 0 Å². The molecule has 0 unspecified atom stereocenters. The molecule has 16 heavy (non-hydrogen) atoms. The average Bonchev–Trinajstić information content (AvgIpc) is 2.39. The number of hydrogen-bond donors (Lipinski definition) is 0. The Kier molecular flexibility index (Phi) is 3.60. The van der Waals surface area contributed by atoms with E-state index in [-0.39, 0.29) is 0 Å². The second-order valence-corrected chi connectivity index (χ2v) is 4.44. The molecule has 1 aliphatic rings. The molecule has 2 heteroatoms. The highest BCUT2D eigenvalue weighted by molar-refractivity contribution is 5.76. The number of carbonyl (C=O) groups excluding carboxylic acids is 1. The van der Waals surface area contributed by atoms with E-state index in [9.17, 15) is 4.79 Å². The molecule has 0 aromatic heterocycles. The summed E-state index contributed by atoms with van der Waals surface area (Å²) in [5.74, 6) is 0.825. The first-order chi connectivity index (χ1) is 7.81. The van der Waals surface area contributed by atoms with E-state index in [1.54, 1.807) is 0 Å². The second-order valence-electron chi connectivity index (χ2n) is 4.44. The Bertz CT molecular complexity index is 347. The van der Waals surface area contributed by atoms with Crippen LogP contribution in [0.25, 0.3) is 0 Å². The van der Waals surface area contributed by atoms with Crippen molar-refractivity contribution in [3.8, 4) is 0 Å². The summed E-state index contributed by atoms with van der Waals surface area (Å²) in [6.07, 6.45) is 2.96. The molecule has 0 spiro atoms. The minimum Gasteiger partial charge on any atom is -0.342 e. The van der Waals surface area contributed by atoms with Gasteiger partial charge in [-0.1, -0.05) is 37.3 Å². The first-order valence-electron chi connectivity index (χ1n) is 6.14. The van der Waals surface area contributed by atoms with Crippen LogP contribution in [-0.2, 0) is 4.79 Å². The molecule has 0 aliphatic carbocycles. The molecule has 1 amide bonds. The minimum atomic E-state index is 0.292. The first kappa shape index (κ1) is 11.2. The van der Waals surface area contributed by atoms with Crippen LogP contribution in [0.2, 0.25) is 0 Å². The van der Waals surface area contributed by atoms with Crippen LogP contribution in [0, 0.1) is 0 Å². The van der Waals surface area contributed by atoms with Crippen molar-refractivity contribution < 1.29 is 4.79 Å². The van der Waals surface area contributed by atoms with Crippen molar-refractivity contribution in [2.45, 2.75) is 32.1 Å². The number of carbonyl (C=O) groups is 1. The summed E-state index contributed by atoms with van der Waals surface area (Å²) in [4.78, 5) is 13.7. The fourth-order valence-corrected chi connectivity index (χ4v) is 2.42. The van der Waals surface area contributed by atoms with Gasteiger partial charge in [-0.3, -0.25) is 4.79 Å². The standard InChI is InChI=1S/C14H19NO/c1-2-14(16)15-10-6-9-13(11-15)12-7-4-3-5-8-12/h3-5,7-8,13H,2,6,9-11H2,1H3/t13-/m0/s1. The molecule has 1 aromatic rings. The molecule has 2 rings (SSSR count). The topological polar surface area (TPSA) is 20.3 Å². The summed E-state index contributed by atoms with van der Waals surface area (Å²) < 4.78 is 0. The highest BCUT2D eigenvalue weighted by atomic mass is 16.2. The zero-order chi connectivity index (χ0) is 11.4. The lowest BCUT2D eigenvalue weighted by atomic mass is 9.90. The molecular weight excluding hydrogens is 198 g/mol. The molecule has 2 nitrogen and oxygen atoms in total. The van der Waals surface area contributed by atoms with E-state index in [1.807, 2.05) is 17.9 Å². The van der Waals surface area contributed by atoms with E-state index in [1.165, 1.54) is 12.0 Å². The van der Waals surface area contributed by atoms with E-state index in [0.29, 0.717) is 18.2 Å². The molecule has 0 saturated carbocycles. The maximum absolute atomic E-state index is 11.7. The Labute approximate surface area is 97.3 Å². The zero-order valence-corrected chi connectivity index (χ0v) is 9.86. The van der Waals surface area contributed by atoms with Gasteiger partial charge in [0.2, 0.25) is 5.91 Å². The quantitative estimate of drug-likeness (QED) is 0.746. The van der Waals surface area contributed by atoms with E-state index in [2.05, 4.69) is 24.3 Å². The lowest BCUT2D eigenvalue weighted by molar-refractivity contribution is -0.132. The van der Waals surface area contributed by atoms with Gasteiger partial charge in [-0.25, -0.2) is 0 Å². The van der Waals surface area contributed by atoms with Crippen LogP contribution < -0.4 is 0 Å². The van der Waals surface area contributed by atoms with Crippen molar-refractivity contribution in [2.24, 2.45) is 0 Å². The Morgan fingerprint density at radius 3 is 2.81 bits per heavy atom. The van der Waals surface area contributed by atoms with E-state index >= 15 is 0 Å². The number of piperidine rings is 1. The van der Waals surface area contributed by atoms with Crippen LogP contribution in [0.15, 0.2) is 30.3 Å². The summed E-state index contributed by atoms with van der Waals surface area (Å²) in [5.41, 5.74) is 1.37. The Hall–Kier alpha value is -1.31. The molecule has 0 N–H and O–H groups in total. The van der Waals surface area contributed by atoms with Crippen molar-refractivity contribution in [3.63, 3.8) is 0 Å². The van der Waals surface area contributed by atoms with Gasteiger partial charge in [0.05, 0.1) is 0 Å². The maximum atomic E-state index is 11.7. The fraction of sp³-hybridized carbons (Fsp3) is 0.500. The Morgan fingerprint density at radius 1 is 1.38 bits per heavy atom. The van der Waals surface area contributed by atoms with Gasteiger partial charge >= 0.3 is 0 Å². The van der Waals surface area contributed by atoms with Crippen LogP contribution in [0.3, 0.4) is 0 Å². The van der Waals surface area contributed by atoms with Crippen molar-refractivity contribution in [3.05, 3.63) is 35.9 Å². The zero-order valence-electron chi connectivity index (χ0n) is 9.86. The van der Waals surface area contributed by atoms with E-state index in [0.717, 1.165) is 19.5 Å². The van der Waals surface area contributed by atoms with Gasteiger partial charge in [-0.2, -0.15) is 0 Å². The maximum Gasteiger partial charge on any atom is 0.222 e. The van der Waals surface area contributed by atoms with Crippen LogP contribution in [-0.4, -0.2) is 23.9 Å². The molecule has 1 atom stereocenters. The number of hydrogen-bond acceptors (Lipinski definition) is 1. The molecule has 1 aromatic carbocycles. The van der Waals surface area contributed by atoms with Crippen LogP contribution >= 0.6 is 0 Å². The molecule has 1 heterocycles. The Morgan fingerprint density at radius 2 is 2.12 bits per heavy atom. The van der Waals surface area contributed by atoms with Gasteiger partial charge in [0.25, 0.3) is 0 Å². The van der Waals surface area contributed by atoms with Crippen molar-refractivity contribution in [1.82, 2.24) is 4.90 Å². The van der Waals surface area contributed by atoms with Crippen LogP contribution in [0.5, 0.6) is 0 Å². The average molecular weight is 217 g/mol. The van der Waals surface area contributed by atoms with Gasteiger partial charge in [0, 0.05) is 25.4 Å². The molecule has 1 aliphatic heterocycles. The van der Waals surface area contributed by atoms with Gasteiger partial charge in [0.15, 0.2) is 0 Å². The number of rotatable bonds is 2. The summed E-state index contributed by atoms with van der Waals surface area (Å²) >= 11 is 0. The second kappa shape index (κ2) is 5.15. The predicted octanol–water partition coefficient (Wildman–Crippen LogP) is 2.80. The van der Waals surface area contributed by atoms with Gasteiger partial charge in [0.1, 0.15) is 0 Å². The SMILES string of the molecule is CCC(=O)N1CCC[C@H](c2ccccc2)C1.